The van der Waals surface area contributed by atoms with Gasteiger partial charge in [0.2, 0.25) is 11.8 Å². The largest absolute Gasteiger partial charge is 0.507 e. The number of cyclic esters (lactones) is 1. The SMILES string of the molecule is COc1ccc(C(CC(=O)NCCc2noc(Cn3ccccc3=O)n2)c2c(O)cc3c(c2O)C(=O)O[C@@H](C)CCCC(=O)CCC/C=C/3)cc1. The molecule has 3 heterocycles. The summed E-state index contributed by atoms with van der Waals surface area (Å²) in [7, 11) is 1.53. The van der Waals surface area contributed by atoms with E-state index < -0.39 is 29.6 Å². The van der Waals surface area contributed by atoms with Crippen molar-refractivity contribution in [2.75, 3.05) is 13.7 Å². The van der Waals surface area contributed by atoms with Crippen LogP contribution in [0.1, 0.15) is 96.6 Å². The minimum Gasteiger partial charge on any atom is -0.507 e. The molecule has 0 saturated heterocycles. The van der Waals surface area contributed by atoms with Gasteiger partial charge < -0.3 is 34.1 Å². The number of ketones is 1. The maximum Gasteiger partial charge on any atom is 0.342 e. The minimum atomic E-state index is -0.879. The van der Waals surface area contributed by atoms with Gasteiger partial charge in [-0.1, -0.05) is 35.5 Å². The molecule has 0 aliphatic carbocycles. The number of pyridine rings is 1. The molecule has 51 heavy (non-hydrogen) atoms. The topological polar surface area (TPSA) is 183 Å². The van der Waals surface area contributed by atoms with Crippen molar-refractivity contribution in [2.24, 2.45) is 0 Å². The number of benzene rings is 2. The molecule has 3 N–H and O–H groups in total. The van der Waals surface area contributed by atoms with Gasteiger partial charge in [0.15, 0.2) is 5.82 Å². The van der Waals surface area contributed by atoms with Crippen LogP contribution in [-0.4, -0.2) is 62.3 Å². The molecule has 1 amide bonds. The molecule has 5 rings (SSSR count). The van der Waals surface area contributed by atoms with Gasteiger partial charge in [-0.15, -0.1) is 0 Å². The molecule has 2 aromatic carbocycles. The number of amides is 1. The van der Waals surface area contributed by atoms with Crippen LogP contribution in [0.25, 0.3) is 6.08 Å². The Morgan fingerprint density at radius 3 is 2.65 bits per heavy atom. The van der Waals surface area contributed by atoms with Gasteiger partial charge in [-0.25, -0.2) is 4.79 Å². The van der Waals surface area contributed by atoms with E-state index in [9.17, 15) is 29.4 Å². The van der Waals surface area contributed by atoms with Crippen molar-refractivity contribution in [3.8, 4) is 17.2 Å². The van der Waals surface area contributed by atoms with Crippen LogP contribution in [0.4, 0.5) is 0 Å². The number of carbonyl (C=O) groups excluding carboxylic acids is 3. The number of rotatable bonds is 10. The molecule has 268 valence electrons. The normalized spacial score (nSPS) is 16.7. The Hall–Kier alpha value is -5.72. The standard InChI is InChI=1S/C38H42N4O9/c1-24-9-8-12-27(43)11-5-3-4-10-26-21-30(44)36(37(47)35(26)38(48)50-24)29(25-14-16-28(49-2)17-15-25)22-32(45)39-19-18-31-40-33(51-41-31)23-42-20-7-6-13-34(42)46/h4,6-7,10,13-17,20-21,24,29,44,47H,3,5,8-9,11-12,18-19,22-23H2,1-2H3,(H,39,45)/b10-4+/t24-,29?/m0/s1. The Morgan fingerprint density at radius 2 is 1.88 bits per heavy atom. The fourth-order valence-corrected chi connectivity index (χ4v) is 6.01. The van der Waals surface area contributed by atoms with Crippen molar-refractivity contribution >= 4 is 23.7 Å². The summed E-state index contributed by atoms with van der Waals surface area (Å²) in [6.07, 6.45) is 7.64. The fraction of sp³-hybridized carbons (Fsp3) is 0.368. The Kier molecular flexibility index (Phi) is 12.4. The lowest BCUT2D eigenvalue weighted by molar-refractivity contribution is -0.121. The molecule has 13 nitrogen and oxygen atoms in total. The molecule has 1 unspecified atom stereocenters. The first-order valence-corrected chi connectivity index (χ1v) is 17.0. The average molecular weight is 699 g/mol. The number of methoxy groups -OCH3 is 1. The number of fused-ring (bicyclic) bond motifs is 1. The second-order valence-corrected chi connectivity index (χ2v) is 12.5. The van der Waals surface area contributed by atoms with Gasteiger partial charge in [-0.3, -0.25) is 14.4 Å². The quantitative estimate of drug-likeness (QED) is 0.188. The van der Waals surface area contributed by atoms with E-state index in [2.05, 4.69) is 15.5 Å². The predicted molar refractivity (Wildman–Crippen MR) is 187 cm³/mol. The predicted octanol–water partition coefficient (Wildman–Crippen LogP) is 5.06. The third-order valence-electron chi connectivity index (χ3n) is 8.69. The van der Waals surface area contributed by atoms with E-state index in [1.165, 1.54) is 23.8 Å². The second kappa shape index (κ2) is 17.3. The van der Waals surface area contributed by atoms with E-state index in [-0.39, 0.29) is 65.6 Å². The first-order chi connectivity index (χ1) is 24.6. The lowest BCUT2D eigenvalue weighted by Crippen LogP contribution is -2.28. The van der Waals surface area contributed by atoms with Crippen LogP contribution in [0.5, 0.6) is 17.2 Å². The highest BCUT2D eigenvalue weighted by Crippen LogP contribution is 2.44. The number of hydrogen-bond donors (Lipinski definition) is 3. The zero-order valence-electron chi connectivity index (χ0n) is 28.7. The van der Waals surface area contributed by atoms with Crippen molar-refractivity contribution < 1.29 is 38.6 Å². The first-order valence-electron chi connectivity index (χ1n) is 17.0. The van der Waals surface area contributed by atoms with Crippen molar-refractivity contribution in [1.29, 1.82) is 0 Å². The number of carbonyl (C=O) groups is 3. The highest BCUT2D eigenvalue weighted by Gasteiger charge is 2.31. The van der Waals surface area contributed by atoms with Crippen LogP contribution in [0.3, 0.4) is 0 Å². The number of allylic oxidation sites excluding steroid dienone is 1. The Bertz CT molecular complexity index is 1930. The molecular weight excluding hydrogens is 656 g/mol. The van der Waals surface area contributed by atoms with Crippen molar-refractivity contribution in [2.45, 2.75) is 76.9 Å². The van der Waals surface area contributed by atoms with Gasteiger partial charge in [0.05, 0.1) is 13.2 Å². The van der Waals surface area contributed by atoms with E-state index in [4.69, 9.17) is 14.0 Å². The zero-order valence-corrected chi connectivity index (χ0v) is 28.7. The molecule has 1 aliphatic rings. The number of nitrogens with zero attached hydrogens (tertiary/aromatic N) is 3. The molecule has 0 fully saturated rings. The number of aromatic nitrogens is 3. The summed E-state index contributed by atoms with van der Waals surface area (Å²) in [5.74, 6) is -1.53. The lowest BCUT2D eigenvalue weighted by atomic mass is 9.84. The smallest absolute Gasteiger partial charge is 0.342 e. The molecule has 2 aromatic heterocycles. The average Bonchev–Trinajstić information content (AvgIpc) is 3.55. The van der Waals surface area contributed by atoms with E-state index >= 15 is 0 Å². The Labute approximate surface area is 294 Å². The lowest BCUT2D eigenvalue weighted by Gasteiger charge is -2.23. The molecule has 13 heteroatoms. The summed E-state index contributed by atoms with van der Waals surface area (Å²) in [5, 5.41) is 29.9. The third-order valence-corrected chi connectivity index (χ3v) is 8.69. The van der Waals surface area contributed by atoms with Crippen LogP contribution in [0.2, 0.25) is 0 Å². The third kappa shape index (κ3) is 9.71. The second-order valence-electron chi connectivity index (χ2n) is 12.5. The number of ether oxygens (including phenoxy) is 2. The monoisotopic (exact) mass is 698 g/mol. The number of phenols is 2. The van der Waals surface area contributed by atoms with Gasteiger partial charge in [-0.2, -0.15) is 4.98 Å². The summed E-state index contributed by atoms with van der Waals surface area (Å²) in [5.41, 5.74) is 0.505. The summed E-state index contributed by atoms with van der Waals surface area (Å²) in [6, 6.07) is 13.0. The van der Waals surface area contributed by atoms with E-state index in [0.29, 0.717) is 55.7 Å². The van der Waals surface area contributed by atoms with Crippen LogP contribution in [-0.2, 0) is 27.3 Å². The maximum atomic E-state index is 13.6. The number of phenolic OH excluding ortho intramolecular Hbond substituents is 2. The minimum absolute atomic E-state index is 0.00209. The molecule has 0 bridgehead atoms. The summed E-state index contributed by atoms with van der Waals surface area (Å²) < 4.78 is 17.7. The zero-order chi connectivity index (χ0) is 36.3. The number of esters is 1. The van der Waals surface area contributed by atoms with Crippen LogP contribution in [0.15, 0.2) is 70.1 Å². The van der Waals surface area contributed by atoms with Crippen molar-refractivity contribution in [3.63, 3.8) is 0 Å². The van der Waals surface area contributed by atoms with Crippen molar-refractivity contribution in [1.82, 2.24) is 20.0 Å². The summed E-state index contributed by atoms with van der Waals surface area (Å²) >= 11 is 0. The van der Waals surface area contributed by atoms with E-state index in [0.717, 1.165) is 0 Å². The molecule has 0 radical (unpaired) electrons. The number of nitrogens with one attached hydrogen (secondary N) is 1. The van der Waals surface area contributed by atoms with Crippen LogP contribution in [0, 0.1) is 0 Å². The van der Waals surface area contributed by atoms with Gasteiger partial charge >= 0.3 is 5.97 Å². The molecular formula is C38H42N4O9. The highest BCUT2D eigenvalue weighted by atomic mass is 16.5. The van der Waals surface area contributed by atoms with Gasteiger partial charge in [-0.05, 0) is 68.0 Å². The van der Waals surface area contributed by atoms with Crippen molar-refractivity contribution in [3.05, 3.63) is 105 Å². The summed E-state index contributed by atoms with van der Waals surface area (Å²) in [4.78, 5) is 55.5. The Balaban J connectivity index is 1.39. The van der Waals surface area contributed by atoms with E-state index in [1.54, 1.807) is 61.7 Å². The molecule has 4 aromatic rings. The molecule has 0 saturated carbocycles. The molecule has 0 spiro atoms. The fourth-order valence-electron chi connectivity index (χ4n) is 6.01. The number of Topliss-reactive ketones (excluding diaryl/α,β-unsaturated/α-hetero) is 1. The van der Waals surface area contributed by atoms with Crippen LogP contribution >= 0.6 is 0 Å². The number of hydrogen-bond acceptors (Lipinski definition) is 11. The van der Waals surface area contributed by atoms with Crippen LogP contribution < -0.4 is 15.6 Å². The van der Waals surface area contributed by atoms with Gasteiger partial charge in [0.25, 0.3) is 5.56 Å². The first kappa shape index (κ1) is 36.6. The van der Waals surface area contributed by atoms with E-state index in [1.807, 2.05) is 0 Å². The Morgan fingerprint density at radius 1 is 1.10 bits per heavy atom. The summed E-state index contributed by atoms with van der Waals surface area (Å²) in [6.45, 7) is 1.99. The van der Waals surface area contributed by atoms with Gasteiger partial charge in [0, 0.05) is 56.0 Å². The molecule has 1 aliphatic heterocycles. The maximum absolute atomic E-state index is 13.6. The number of aromatic hydroxyl groups is 2. The molecule has 2 atom stereocenters. The highest BCUT2D eigenvalue weighted by molar-refractivity contribution is 5.98. The van der Waals surface area contributed by atoms with Gasteiger partial charge in [0.1, 0.15) is 35.1 Å².